The average Bonchev–Trinajstić information content (AvgIpc) is 2.60. The third kappa shape index (κ3) is 3.67. The molecule has 24 heavy (non-hydrogen) atoms. The molecular formula is C20H14O4. The largest absolute Gasteiger partial charge is 0.478 e. The quantitative estimate of drug-likeness (QED) is 0.783. The molecule has 3 rings (SSSR count). The molecule has 1 N–H and O–H groups in total. The summed E-state index contributed by atoms with van der Waals surface area (Å²) in [6.45, 7) is 0. The van der Waals surface area contributed by atoms with Crippen LogP contribution in [0.5, 0.6) is 0 Å². The van der Waals surface area contributed by atoms with Crippen molar-refractivity contribution in [2.24, 2.45) is 0 Å². The Labute approximate surface area is 138 Å². The van der Waals surface area contributed by atoms with Gasteiger partial charge in [0.25, 0.3) is 0 Å². The Morgan fingerprint density at radius 1 is 0.917 bits per heavy atom. The molecule has 0 saturated heterocycles. The van der Waals surface area contributed by atoms with Crippen molar-refractivity contribution in [3.63, 3.8) is 0 Å². The molecular weight excluding hydrogens is 304 g/mol. The lowest BCUT2D eigenvalue weighted by molar-refractivity contribution is 0.0697. The van der Waals surface area contributed by atoms with Crippen molar-refractivity contribution < 1.29 is 14.3 Å². The molecule has 0 atom stereocenters. The van der Waals surface area contributed by atoms with Gasteiger partial charge in [0, 0.05) is 17.7 Å². The first kappa shape index (κ1) is 15.5. The summed E-state index contributed by atoms with van der Waals surface area (Å²) in [5.41, 5.74) is 1.73. The van der Waals surface area contributed by atoms with Crippen LogP contribution in [0.4, 0.5) is 0 Å². The number of carbonyl (C=O) groups is 1. The summed E-state index contributed by atoms with van der Waals surface area (Å²) in [6.07, 6.45) is 3.45. The van der Waals surface area contributed by atoms with Crippen LogP contribution in [0.3, 0.4) is 0 Å². The van der Waals surface area contributed by atoms with Crippen LogP contribution >= 0.6 is 0 Å². The first-order valence-corrected chi connectivity index (χ1v) is 7.34. The third-order valence-corrected chi connectivity index (χ3v) is 3.44. The van der Waals surface area contributed by atoms with Crippen molar-refractivity contribution in [3.8, 4) is 11.3 Å². The fourth-order valence-electron chi connectivity index (χ4n) is 2.24. The van der Waals surface area contributed by atoms with Gasteiger partial charge in [0.1, 0.15) is 11.5 Å². The van der Waals surface area contributed by atoms with Crippen molar-refractivity contribution in [1.29, 1.82) is 0 Å². The highest BCUT2D eigenvalue weighted by Gasteiger charge is 2.03. The second-order valence-corrected chi connectivity index (χ2v) is 5.19. The fourth-order valence-corrected chi connectivity index (χ4v) is 2.24. The Bertz CT molecular complexity index is 935. The third-order valence-electron chi connectivity index (χ3n) is 3.44. The molecule has 1 heterocycles. The molecule has 118 valence electrons. The molecule has 0 saturated carbocycles. The Kier molecular flexibility index (Phi) is 4.38. The smallest absolute Gasteiger partial charge is 0.335 e. The van der Waals surface area contributed by atoms with Gasteiger partial charge in [-0.05, 0) is 23.8 Å². The monoisotopic (exact) mass is 318 g/mol. The topological polar surface area (TPSA) is 67.5 Å². The maximum absolute atomic E-state index is 11.9. The maximum Gasteiger partial charge on any atom is 0.335 e. The lowest BCUT2D eigenvalue weighted by Crippen LogP contribution is -1.98. The normalized spacial score (nSPS) is 10.8. The van der Waals surface area contributed by atoms with Crippen LogP contribution in [-0.4, -0.2) is 11.1 Å². The molecule has 0 spiro atoms. The zero-order valence-corrected chi connectivity index (χ0v) is 12.7. The van der Waals surface area contributed by atoms with E-state index in [0.717, 1.165) is 11.1 Å². The molecule has 0 amide bonds. The first-order valence-electron chi connectivity index (χ1n) is 7.34. The second kappa shape index (κ2) is 6.79. The highest BCUT2D eigenvalue weighted by atomic mass is 16.4. The van der Waals surface area contributed by atoms with Gasteiger partial charge in [0.15, 0.2) is 5.43 Å². The number of rotatable bonds is 4. The summed E-state index contributed by atoms with van der Waals surface area (Å²) >= 11 is 0. The SMILES string of the molecule is O=C(O)c1ccc(C=Cc2cc(=O)cc(-c3ccccc3)o2)cc1. The van der Waals surface area contributed by atoms with E-state index >= 15 is 0 Å². The number of hydrogen-bond acceptors (Lipinski definition) is 3. The van der Waals surface area contributed by atoms with Gasteiger partial charge < -0.3 is 9.52 Å². The van der Waals surface area contributed by atoms with Crippen LogP contribution in [0, 0.1) is 0 Å². The molecule has 2 aromatic carbocycles. The molecule has 0 bridgehead atoms. The molecule has 0 aliphatic rings. The van der Waals surface area contributed by atoms with E-state index in [9.17, 15) is 9.59 Å². The average molecular weight is 318 g/mol. The zero-order valence-electron chi connectivity index (χ0n) is 12.7. The van der Waals surface area contributed by atoms with E-state index in [0.29, 0.717) is 11.5 Å². The standard InChI is InChI=1S/C20H14O4/c21-17-12-18(24-19(13-17)15-4-2-1-3-5-15)11-8-14-6-9-16(10-7-14)20(22)23/h1-13H,(H,22,23). The van der Waals surface area contributed by atoms with Gasteiger partial charge in [-0.15, -0.1) is 0 Å². The van der Waals surface area contributed by atoms with Gasteiger partial charge in [-0.3, -0.25) is 4.79 Å². The van der Waals surface area contributed by atoms with Crippen molar-refractivity contribution in [1.82, 2.24) is 0 Å². The van der Waals surface area contributed by atoms with Crippen LogP contribution in [0.1, 0.15) is 21.7 Å². The van der Waals surface area contributed by atoms with E-state index in [1.165, 1.54) is 24.3 Å². The van der Waals surface area contributed by atoms with Crippen LogP contribution in [-0.2, 0) is 0 Å². The molecule has 0 unspecified atom stereocenters. The van der Waals surface area contributed by atoms with Gasteiger partial charge in [-0.25, -0.2) is 4.79 Å². The molecule has 1 aromatic heterocycles. The van der Waals surface area contributed by atoms with Crippen LogP contribution in [0.15, 0.2) is 75.9 Å². The van der Waals surface area contributed by atoms with E-state index in [1.54, 1.807) is 24.3 Å². The van der Waals surface area contributed by atoms with E-state index in [4.69, 9.17) is 9.52 Å². The van der Waals surface area contributed by atoms with Gasteiger partial charge >= 0.3 is 5.97 Å². The van der Waals surface area contributed by atoms with Gasteiger partial charge in [-0.1, -0.05) is 48.5 Å². The number of carboxylic acid groups (broad SMARTS) is 1. The minimum Gasteiger partial charge on any atom is -0.478 e. The summed E-state index contributed by atoms with van der Waals surface area (Å²) in [5, 5.41) is 8.89. The second-order valence-electron chi connectivity index (χ2n) is 5.19. The number of benzene rings is 2. The van der Waals surface area contributed by atoms with Crippen molar-refractivity contribution >= 4 is 18.1 Å². The molecule has 0 aliphatic heterocycles. The van der Waals surface area contributed by atoms with Gasteiger partial charge in [0.2, 0.25) is 0 Å². The first-order chi connectivity index (χ1) is 11.6. The minimum atomic E-state index is -0.966. The van der Waals surface area contributed by atoms with Crippen molar-refractivity contribution in [2.75, 3.05) is 0 Å². The Morgan fingerprint density at radius 3 is 2.29 bits per heavy atom. The van der Waals surface area contributed by atoms with Crippen LogP contribution in [0.25, 0.3) is 23.5 Å². The molecule has 3 aromatic rings. The summed E-state index contributed by atoms with van der Waals surface area (Å²) in [7, 11) is 0. The molecule has 4 nitrogen and oxygen atoms in total. The van der Waals surface area contributed by atoms with Crippen LogP contribution in [0.2, 0.25) is 0 Å². The zero-order chi connectivity index (χ0) is 16.9. The Hall–Kier alpha value is -3.40. The maximum atomic E-state index is 11.9. The highest BCUT2D eigenvalue weighted by Crippen LogP contribution is 2.19. The van der Waals surface area contributed by atoms with Crippen molar-refractivity contribution in [3.05, 3.63) is 93.8 Å². The highest BCUT2D eigenvalue weighted by molar-refractivity contribution is 5.88. The summed E-state index contributed by atoms with van der Waals surface area (Å²) in [4.78, 5) is 22.7. The van der Waals surface area contributed by atoms with Crippen molar-refractivity contribution in [2.45, 2.75) is 0 Å². The minimum absolute atomic E-state index is 0.138. The van der Waals surface area contributed by atoms with E-state index in [2.05, 4.69) is 0 Å². The Balaban J connectivity index is 1.88. The molecule has 4 heteroatoms. The lowest BCUT2D eigenvalue weighted by Gasteiger charge is -2.02. The Morgan fingerprint density at radius 2 is 1.62 bits per heavy atom. The molecule has 0 aliphatic carbocycles. The lowest BCUT2D eigenvalue weighted by atomic mass is 10.1. The van der Waals surface area contributed by atoms with Crippen LogP contribution < -0.4 is 5.43 Å². The van der Waals surface area contributed by atoms with E-state index in [1.807, 2.05) is 30.3 Å². The van der Waals surface area contributed by atoms with E-state index < -0.39 is 5.97 Å². The summed E-state index contributed by atoms with van der Waals surface area (Å²) in [5.74, 6) is -0.0280. The van der Waals surface area contributed by atoms with Gasteiger partial charge in [0.05, 0.1) is 5.56 Å². The predicted octanol–water partition coefficient (Wildman–Crippen LogP) is 4.18. The molecule has 0 radical (unpaired) electrons. The summed E-state index contributed by atoms with van der Waals surface area (Å²) in [6, 6.07) is 18.7. The van der Waals surface area contributed by atoms with E-state index in [-0.39, 0.29) is 11.0 Å². The number of aromatic carboxylic acids is 1. The molecule has 0 fully saturated rings. The number of carboxylic acids is 1. The van der Waals surface area contributed by atoms with Gasteiger partial charge in [-0.2, -0.15) is 0 Å². The summed E-state index contributed by atoms with van der Waals surface area (Å²) < 4.78 is 5.75. The fraction of sp³-hybridized carbons (Fsp3) is 0. The number of hydrogen-bond donors (Lipinski definition) is 1. The predicted molar refractivity (Wildman–Crippen MR) is 92.7 cm³/mol.